The molecule has 0 spiro atoms. The maximum atomic E-state index is 12.4. The first-order chi connectivity index (χ1) is 6.88. The minimum Gasteiger partial charge on any atom is -0.264 e. The summed E-state index contributed by atoms with van der Waals surface area (Å²) < 4.78 is 61.9. The largest absolute Gasteiger partial charge is 0.417 e. The summed E-state index contributed by atoms with van der Waals surface area (Å²) in [6.45, 7) is 0. The third-order valence-corrected chi connectivity index (χ3v) is 2.00. The van der Waals surface area contributed by atoms with E-state index in [-0.39, 0.29) is 0 Å². The fourth-order valence-electron chi connectivity index (χ4n) is 1.13. The SMILES string of the molecule is FC(F)c1cncc(CCl)c1C(F)(F)F. The number of hydrogen-bond acceptors (Lipinski definition) is 1. The summed E-state index contributed by atoms with van der Waals surface area (Å²) in [5.74, 6) is -0.512. The Hall–Kier alpha value is -0.910. The number of aromatic nitrogens is 1. The topological polar surface area (TPSA) is 12.9 Å². The Balaban J connectivity index is 3.41. The molecule has 1 heterocycles. The lowest BCUT2D eigenvalue weighted by atomic mass is 10.1. The zero-order chi connectivity index (χ0) is 11.6. The van der Waals surface area contributed by atoms with Gasteiger partial charge < -0.3 is 0 Å². The molecule has 0 atom stereocenters. The second-order valence-electron chi connectivity index (χ2n) is 2.69. The lowest BCUT2D eigenvalue weighted by Gasteiger charge is -2.14. The van der Waals surface area contributed by atoms with Crippen molar-refractivity contribution >= 4 is 11.6 Å². The Kier molecular flexibility index (Phi) is 3.49. The van der Waals surface area contributed by atoms with Crippen LogP contribution in [0, 0.1) is 0 Å². The molecule has 0 N–H and O–H groups in total. The van der Waals surface area contributed by atoms with Crippen molar-refractivity contribution < 1.29 is 22.0 Å². The molecule has 0 aromatic carbocycles. The molecule has 84 valence electrons. The van der Waals surface area contributed by atoms with Crippen molar-refractivity contribution in [2.45, 2.75) is 18.5 Å². The predicted octanol–water partition coefficient (Wildman–Crippen LogP) is 3.78. The van der Waals surface area contributed by atoms with E-state index >= 15 is 0 Å². The number of pyridine rings is 1. The van der Waals surface area contributed by atoms with Gasteiger partial charge >= 0.3 is 6.18 Å². The van der Waals surface area contributed by atoms with Crippen LogP contribution in [0.3, 0.4) is 0 Å². The van der Waals surface area contributed by atoms with Gasteiger partial charge in [-0.1, -0.05) is 0 Å². The summed E-state index contributed by atoms with van der Waals surface area (Å²) in [5.41, 5.74) is -2.97. The molecule has 0 unspecified atom stereocenters. The van der Waals surface area contributed by atoms with Gasteiger partial charge in [0.15, 0.2) is 0 Å². The van der Waals surface area contributed by atoms with Crippen molar-refractivity contribution in [1.82, 2.24) is 4.98 Å². The van der Waals surface area contributed by atoms with Crippen molar-refractivity contribution in [2.24, 2.45) is 0 Å². The summed E-state index contributed by atoms with van der Waals surface area (Å²) >= 11 is 5.23. The van der Waals surface area contributed by atoms with Crippen molar-refractivity contribution in [1.29, 1.82) is 0 Å². The van der Waals surface area contributed by atoms with Gasteiger partial charge in [0.2, 0.25) is 0 Å². The Labute approximate surface area is 86.9 Å². The molecule has 0 saturated carbocycles. The van der Waals surface area contributed by atoms with E-state index in [1.54, 1.807) is 0 Å². The van der Waals surface area contributed by atoms with E-state index in [2.05, 4.69) is 4.98 Å². The average Bonchev–Trinajstić information content (AvgIpc) is 2.15. The molecule has 0 radical (unpaired) electrons. The van der Waals surface area contributed by atoms with Crippen LogP contribution in [0.5, 0.6) is 0 Å². The standard InChI is InChI=1S/C8H5ClF5N/c9-1-4-2-15-3-5(7(10)11)6(4)8(12,13)14/h2-3,7H,1H2. The summed E-state index contributed by atoms with van der Waals surface area (Å²) in [5, 5.41) is 0. The van der Waals surface area contributed by atoms with Gasteiger partial charge in [-0.2, -0.15) is 13.2 Å². The first kappa shape index (κ1) is 12.2. The number of hydrogen-bond donors (Lipinski definition) is 0. The Morgan fingerprint density at radius 2 is 1.87 bits per heavy atom. The van der Waals surface area contributed by atoms with E-state index in [0.717, 1.165) is 6.20 Å². The Morgan fingerprint density at radius 1 is 1.27 bits per heavy atom. The van der Waals surface area contributed by atoms with Crippen LogP contribution < -0.4 is 0 Å². The zero-order valence-corrected chi connectivity index (χ0v) is 7.91. The van der Waals surface area contributed by atoms with Gasteiger partial charge in [0, 0.05) is 23.8 Å². The predicted molar refractivity (Wildman–Crippen MR) is 43.8 cm³/mol. The molecule has 15 heavy (non-hydrogen) atoms. The molecule has 0 aliphatic carbocycles. The Bertz CT molecular complexity index is 349. The number of alkyl halides is 6. The highest BCUT2D eigenvalue weighted by atomic mass is 35.5. The first-order valence-corrected chi connectivity index (χ1v) is 4.29. The molecule has 1 aromatic rings. The fraction of sp³-hybridized carbons (Fsp3) is 0.375. The molecule has 0 bridgehead atoms. The lowest BCUT2D eigenvalue weighted by Crippen LogP contribution is -2.13. The third kappa shape index (κ3) is 2.56. The van der Waals surface area contributed by atoms with Gasteiger partial charge in [0.25, 0.3) is 6.43 Å². The van der Waals surface area contributed by atoms with Crippen LogP contribution in [0.1, 0.15) is 23.1 Å². The maximum Gasteiger partial charge on any atom is 0.417 e. The highest BCUT2D eigenvalue weighted by Crippen LogP contribution is 2.38. The number of rotatable bonds is 2. The molecule has 1 nitrogen and oxygen atoms in total. The third-order valence-electron chi connectivity index (χ3n) is 1.72. The van der Waals surface area contributed by atoms with Gasteiger partial charge in [0.1, 0.15) is 0 Å². The van der Waals surface area contributed by atoms with Gasteiger partial charge in [0.05, 0.1) is 5.56 Å². The highest BCUT2D eigenvalue weighted by Gasteiger charge is 2.38. The smallest absolute Gasteiger partial charge is 0.264 e. The first-order valence-electron chi connectivity index (χ1n) is 3.76. The van der Waals surface area contributed by atoms with Crippen LogP contribution in [-0.4, -0.2) is 4.98 Å². The van der Waals surface area contributed by atoms with Gasteiger partial charge in [-0.25, -0.2) is 8.78 Å². The summed E-state index contributed by atoms with van der Waals surface area (Å²) in [6, 6.07) is 0. The van der Waals surface area contributed by atoms with Gasteiger partial charge in [-0.15, -0.1) is 11.6 Å². The summed E-state index contributed by atoms with van der Waals surface area (Å²) in [4.78, 5) is 3.29. The molecule has 0 amide bonds. The van der Waals surface area contributed by atoms with Crippen LogP contribution in [0.15, 0.2) is 12.4 Å². The van der Waals surface area contributed by atoms with Crippen molar-refractivity contribution in [3.63, 3.8) is 0 Å². The minimum atomic E-state index is -4.85. The van der Waals surface area contributed by atoms with E-state index in [1.165, 1.54) is 0 Å². The normalized spacial score (nSPS) is 12.2. The molecular formula is C8H5ClF5N. The van der Waals surface area contributed by atoms with E-state index in [9.17, 15) is 22.0 Å². The minimum absolute atomic E-state index is 0.443. The molecule has 0 aliphatic heterocycles. The van der Waals surface area contributed by atoms with Gasteiger partial charge in [-0.05, 0) is 5.56 Å². The second-order valence-corrected chi connectivity index (χ2v) is 2.96. The molecule has 7 heteroatoms. The number of nitrogens with zero attached hydrogens (tertiary/aromatic N) is 1. The monoisotopic (exact) mass is 245 g/mol. The summed E-state index contributed by atoms with van der Waals surface area (Å²) in [6.07, 6.45) is -6.73. The van der Waals surface area contributed by atoms with E-state index in [1.807, 2.05) is 0 Å². The van der Waals surface area contributed by atoms with Crippen LogP contribution in [0.2, 0.25) is 0 Å². The molecule has 1 rings (SSSR count). The van der Waals surface area contributed by atoms with E-state index in [0.29, 0.717) is 6.20 Å². The molecule has 0 saturated heterocycles. The van der Waals surface area contributed by atoms with Crippen LogP contribution >= 0.6 is 11.6 Å². The molecular weight excluding hydrogens is 241 g/mol. The molecule has 0 fully saturated rings. The fourth-order valence-corrected chi connectivity index (χ4v) is 1.34. The van der Waals surface area contributed by atoms with Crippen LogP contribution in [0.4, 0.5) is 22.0 Å². The van der Waals surface area contributed by atoms with E-state index in [4.69, 9.17) is 11.6 Å². The average molecular weight is 246 g/mol. The molecule has 1 aromatic heterocycles. The maximum absolute atomic E-state index is 12.4. The quantitative estimate of drug-likeness (QED) is 0.571. The van der Waals surface area contributed by atoms with Crippen LogP contribution in [-0.2, 0) is 12.1 Å². The highest BCUT2D eigenvalue weighted by molar-refractivity contribution is 6.17. The van der Waals surface area contributed by atoms with E-state index < -0.39 is 35.2 Å². The second kappa shape index (κ2) is 4.30. The lowest BCUT2D eigenvalue weighted by molar-refractivity contribution is -0.140. The zero-order valence-electron chi connectivity index (χ0n) is 7.15. The van der Waals surface area contributed by atoms with Crippen molar-refractivity contribution in [3.05, 3.63) is 29.1 Å². The van der Waals surface area contributed by atoms with Crippen molar-refractivity contribution in [3.8, 4) is 0 Å². The summed E-state index contributed by atoms with van der Waals surface area (Å²) in [7, 11) is 0. The molecule has 0 aliphatic rings. The Morgan fingerprint density at radius 3 is 2.27 bits per heavy atom. The van der Waals surface area contributed by atoms with Crippen LogP contribution in [0.25, 0.3) is 0 Å². The number of halogens is 6. The van der Waals surface area contributed by atoms with Crippen molar-refractivity contribution in [2.75, 3.05) is 0 Å². The van der Waals surface area contributed by atoms with Gasteiger partial charge in [-0.3, -0.25) is 4.98 Å².